The molecule has 0 radical (unpaired) electrons. The van der Waals surface area contributed by atoms with E-state index in [1.165, 1.54) is 14.2 Å². The molecule has 5 heteroatoms. The number of Topliss-reactive ketones (excluding diaryl/α,β-unsaturated/α-hetero) is 1. The van der Waals surface area contributed by atoms with Crippen molar-refractivity contribution in [3.05, 3.63) is 0 Å². The van der Waals surface area contributed by atoms with Gasteiger partial charge in [-0.25, -0.2) is 0 Å². The molecule has 0 spiro atoms. The Morgan fingerprint density at radius 2 is 1.68 bits per heavy atom. The van der Waals surface area contributed by atoms with Crippen molar-refractivity contribution in [3.63, 3.8) is 0 Å². The minimum absolute atomic E-state index is 0.200. The van der Waals surface area contributed by atoms with Gasteiger partial charge in [-0.15, -0.1) is 0 Å². The van der Waals surface area contributed by atoms with Crippen LogP contribution in [-0.2, 0) is 23.9 Å². The van der Waals surface area contributed by atoms with E-state index < -0.39 is 17.9 Å². The molecule has 0 fully saturated rings. The maximum absolute atomic E-state index is 12.3. The fraction of sp³-hybridized carbons (Fsp3) is 0.786. The third kappa shape index (κ3) is 5.85. The van der Waals surface area contributed by atoms with Gasteiger partial charge in [-0.1, -0.05) is 26.7 Å². The molecule has 19 heavy (non-hydrogen) atoms. The van der Waals surface area contributed by atoms with Crippen LogP contribution in [0.1, 0.15) is 46.0 Å². The summed E-state index contributed by atoms with van der Waals surface area (Å²) in [6.07, 6.45) is 3.07. The Balaban J connectivity index is 4.85. The number of ether oxygens (including phenoxy) is 2. The summed E-state index contributed by atoms with van der Waals surface area (Å²) in [5.74, 6) is -2.69. The zero-order valence-corrected chi connectivity index (χ0v) is 12.2. The van der Waals surface area contributed by atoms with E-state index in [4.69, 9.17) is 0 Å². The van der Waals surface area contributed by atoms with Gasteiger partial charge in [-0.05, 0) is 12.8 Å². The number of unbranched alkanes of at least 4 members (excludes halogenated alkanes) is 1. The number of carbonyl (C=O) groups is 3. The Morgan fingerprint density at radius 3 is 2.11 bits per heavy atom. The molecule has 0 aromatic rings. The van der Waals surface area contributed by atoms with Crippen LogP contribution in [0.3, 0.4) is 0 Å². The quantitative estimate of drug-likeness (QED) is 0.475. The van der Waals surface area contributed by atoms with Crippen molar-refractivity contribution in [1.29, 1.82) is 0 Å². The van der Waals surface area contributed by atoms with Crippen LogP contribution in [0, 0.1) is 11.8 Å². The SMILES string of the molecule is CCCCC(CC)C(=O)C(CC(=O)OC)C(=O)OC. The molecule has 2 atom stereocenters. The molecule has 2 unspecified atom stereocenters. The van der Waals surface area contributed by atoms with Crippen LogP contribution in [0.15, 0.2) is 0 Å². The molecule has 0 aliphatic rings. The van der Waals surface area contributed by atoms with Gasteiger partial charge in [0.1, 0.15) is 5.92 Å². The van der Waals surface area contributed by atoms with E-state index in [0.29, 0.717) is 6.42 Å². The molecule has 0 aliphatic heterocycles. The maximum Gasteiger partial charge on any atom is 0.316 e. The Morgan fingerprint density at radius 1 is 1.05 bits per heavy atom. The minimum Gasteiger partial charge on any atom is -0.469 e. The predicted octanol–water partition coefficient (Wildman–Crippen LogP) is 2.12. The standard InChI is InChI=1S/C14H24O5/c1-5-7-8-10(6-2)13(16)11(14(17)19-4)9-12(15)18-3/h10-11H,5-9H2,1-4H3. The zero-order valence-electron chi connectivity index (χ0n) is 12.2. The Kier molecular flexibility index (Phi) is 8.83. The molecule has 0 aromatic heterocycles. The number of carbonyl (C=O) groups excluding carboxylic acids is 3. The zero-order chi connectivity index (χ0) is 14.8. The van der Waals surface area contributed by atoms with E-state index in [0.717, 1.165) is 19.3 Å². The van der Waals surface area contributed by atoms with E-state index in [-0.39, 0.29) is 18.1 Å². The van der Waals surface area contributed by atoms with Gasteiger partial charge < -0.3 is 9.47 Å². The van der Waals surface area contributed by atoms with Crippen molar-refractivity contribution in [2.75, 3.05) is 14.2 Å². The fourth-order valence-corrected chi connectivity index (χ4v) is 1.97. The highest BCUT2D eigenvalue weighted by atomic mass is 16.5. The van der Waals surface area contributed by atoms with Crippen molar-refractivity contribution in [1.82, 2.24) is 0 Å². The molecule has 0 heterocycles. The van der Waals surface area contributed by atoms with Gasteiger partial charge in [-0.3, -0.25) is 14.4 Å². The fourth-order valence-electron chi connectivity index (χ4n) is 1.97. The number of hydrogen-bond acceptors (Lipinski definition) is 5. The second kappa shape index (κ2) is 9.53. The summed E-state index contributed by atoms with van der Waals surface area (Å²) >= 11 is 0. The number of hydrogen-bond donors (Lipinski definition) is 0. The number of rotatable bonds is 9. The molecular weight excluding hydrogens is 248 g/mol. The van der Waals surface area contributed by atoms with Crippen molar-refractivity contribution in [3.8, 4) is 0 Å². The van der Waals surface area contributed by atoms with Crippen LogP contribution in [0.5, 0.6) is 0 Å². The third-order valence-corrected chi connectivity index (χ3v) is 3.23. The average Bonchev–Trinajstić information content (AvgIpc) is 2.43. The van der Waals surface area contributed by atoms with E-state index in [2.05, 4.69) is 9.47 Å². The summed E-state index contributed by atoms with van der Waals surface area (Å²) in [6, 6.07) is 0. The van der Waals surface area contributed by atoms with Crippen LogP contribution in [0.4, 0.5) is 0 Å². The lowest BCUT2D eigenvalue weighted by molar-refractivity contribution is -0.156. The highest BCUT2D eigenvalue weighted by Crippen LogP contribution is 2.21. The second-order valence-corrected chi connectivity index (χ2v) is 4.51. The number of esters is 2. The molecule has 5 nitrogen and oxygen atoms in total. The van der Waals surface area contributed by atoms with Crippen LogP contribution in [-0.4, -0.2) is 31.9 Å². The van der Waals surface area contributed by atoms with Gasteiger partial charge in [0, 0.05) is 5.92 Å². The predicted molar refractivity (Wildman–Crippen MR) is 70.5 cm³/mol. The van der Waals surface area contributed by atoms with Crippen molar-refractivity contribution >= 4 is 17.7 Å². The first kappa shape index (κ1) is 17.6. The van der Waals surface area contributed by atoms with Gasteiger partial charge in [-0.2, -0.15) is 0 Å². The molecule has 0 saturated heterocycles. The lowest BCUT2D eigenvalue weighted by atomic mass is 9.85. The van der Waals surface area contributed by atoms with E-state index in [9.17, 15) is 14.4 Å². The van der Waals surface area contributed by atoms with E-state index in [1.54, 1.807) is 0 Å². The van der Waals surface area contributed by atoms with Crippen molar-refractivity contribution < 1.29 is 23.9 Å². The molecule has 0 bridgehead atoms. The molecule has 0 aliphatic carbocycles. The van der Waals surface area contributed by atoms with Gasteiger partial charge >= 0.3 is 11.9 Å². The molecule has 0 N–H and O–H groups in total. The smallest absolute Gasteiger partial charge is 0.316 e. The molecule has 0 aromatic carbocycles. The summed E-state index contributed by atoms with van der Waals surface area (Å²) < 4.78 is 9.13. The molecule has 0 amide bonds. The van der Waals surface area contributed by atoms with Gasteiger partial charge in [0.2, 0.25) is 0 Å². The molecule has 110 valence electrons. The Bertz CT molecular complexity index is 311. The van der Waals surface area contributed by atoms with E-state index >= 15 is 0 Å². The van der Waals surface area contributed by atoms with Gasteiger partial charge in [0.15, 0.2) is 5.78 Å². The van der Waals surface area contributed by atoms with Crippen LogP contribution in [0.25, 0.3) is 0 Å². The van der Waals surface area contributed by atoms with Crippen LogP contribution < -0.4 is 0 Å². The van der Waals surface area contributed by atoms with Crippen molar-refractivity contribution in [2.24, 2.45) is 11.8 Å². The normalized spacial score (nSPS) is 13.5. The number of ketones is 1. The van der Waals surface area contributed by atoms with Gasteiger partial charge in [0.25, 0.3) is 0 Å². The Hall–Kier alpha value is -1.39. The summed E-state index contributed by atoms with van der Waals surface area (Å²) in [5, 5.41) is 0. The van der Waals surface area contributed by atoms with E-state index in [1.807, 2.05) is 13.8 Å². The largest absolute Gasteiger partial charge is 0.469 e. The first-order valence-corrected chi connectivity index (χ1v) is 6.70. The second-order valence-electron chi connectivity index (χ2n) is 4.51. The average molecular weight is 272 g/mol. The topological polar surface area (TPSA) is 69.7 Å². The van der Waals surface area contributed by atoms with Crippen LogP contribution >= 0.6 is 0 Å². The summed E-state index contributed by atoms with van der Waals surface area (Å²) in [5.41, 5.74) is 0. The first-order valence-electron chi connectivity index (χ1n) is 6.70. The summed E-state index contributed by atoms with van der Waals surface area (Å²) in [7, 11) is 2.45. The monoisotopic (exact) mass is 272 g/mol. The maximum atomic E-state index is 12.3. The lowest BCUT2D eigenvalue weighted by Crippen LogP contribution is -2.33. The molecule has 0 saturated carbocycles. The molecular formula is C14H24O5. The third-order valence-electron chi connectivity index (χ3n) is 3.23. The summed E-state index contributed by atoms with van der Waals surface area (Å²) in [6.45, 7) is 3.95. The van der Waals surface area contributed by atoms with Crippen molar-refractivity contribution in [2.45, 2.75) is 46.0 Å². The Labute approximate surface area is 114 Å². The number of methoxy groups -OCH3 is 2. The highest BCUT2D eigenvalue weighted by molar-refractivity contribution is 6.02. The van der Waals surface area contributed by atoms with Crippen LogP contribution in [0.2, 0.25) is 0 Å². The summed E-state index contributed by atoms with van der Waals surface area (Å²) in [4.78, 5) is 35.3. The molecule has 0 rings (SSSR count). The highest BCUT2D eigenvalue weighted by Gasteiger charge is 2.34. The lowest BCUT2D eigenvalue weighted by Gasteiger charge is -2.19. The minimum atomic E-state index is -1.04. The first-order chi connectivity index (χ1) is 9.01. The van der Waals surface area contributed by atoms with Gasteiger partial charge in [0.05, 0.1) is 20.6 Å².